The molecule has 6 heteroatoms. The monoisotopic (exact) mass is 264 g/mol. The smallest absolute Gasteiger partial charge is 0.320 e. The van der Waals surface area contributed by atoms with E-state index in [0.29, 0.717) is 19.3 Å². The Labute approximate surface area is 112 Å². The second-order valence-electron chi connectivity index (χ2n) is 5.09. The molecule has 3 rings (SSSR count). The first kappa shape index (κ1) is 12.5. The number of carbonyl (C=O) groups excluding carboxylic acids is 1. The number of carbonyl (C=O) groups is 1. The van der Waals surface area contributed by atoms with Crippen molar-refractivity contribution in [3.8, 4) is 0 Å². The minimum absolute atomic E-state index is 0.169. The van der Waals surface area contributed by atoms with E-state index >= 15 is 0 Å². The summed E-state index contributed by atoms with van der Waals surface area (Å²) in [6, 6.07) is 2.55. The molecular formula is C13H20N4O2. The summed E-state index contributed by atoms with van der Waals surface area (Å²) in [5.41, 5.74) is 0. The minimum Gasteiger partial charge on any atom is -0.378 e. The molecule has 0 spiro atoms. The lowest BCUT2D eigenvalue weighted by molar-refractivity contribution is 0.0401. The number of urea groups is 1. The first-order valence-corrected chi connectivity index (χ1v) is 6.95. The van der Waals surface area contributed by atoms with Crippen molar-refractivity contribution >= 4 is 6.03 Å². The highest BCUT2D eigenvalue weighted by Gasteiger charge is 2.27. The zero-order valence-corrected chi connectivity index (χ0v) is 11.1. The molecule has 0 N–H and O–H groups in total. The molecule has 2 amide bonds. The van der Waals surface area contributed by atoms with Gasteiger partial charge in [0.2, 0.25) is 0 Å². The van der Waals surface area contributed by atoms with Crippen molar-refractivity contribution < 1.29 is 9.53 Å². The molecule has 6 nitrogen and oxygen atoms in total. The lowest BCUT2D eigenvalue weighted by Gasteiger charge is -2.37. The van der Waals surface area contributed by atoms with Crippen LogP contribution in [0.2, 0.25) is 0 Å². The van der Waals surface area contributed by atoms with Gasteiger partial charge in [0.05, 0.1) is 19.3 Å². The Bertz CT molecular complexity index is 406. The summed E-state index contributed by atoms with van der Waals surface area (Å²) >= 11 is 0. The third-order valence-electron chi connectivity index (χ3n) is 3.92. The Morgan fingerprint density at radius 2 is 1.79 bits per heavy atom. The van der Waals surface area contributed by atoms with Gasteiger partial charge < -0.3 is 14.5 Å². The average Bonchev–Trinajstić information content (AvgIpc) is 3.02. The van der Waals surface area contributed by atoms with Gasteiger partial charge in [-0.05, 0) is 18.9 Å². The van der Waals surface area contributed by atoms with Crippen molar-refractivity contribution in [3.05, 3.63) is 18.5 Å². The number of nitrogens with zero attached hydrogens (tertiary/aromatic N) is 4. The highest BCUT2D eigenvalue weighted by atomic mass is 16.5. The molecule has 0 saturated carbocycles. The largest absolute Gasteiger partial charge is 0.378 e. The zero-order valence-electron chi connectivity index (χ0n) is 11.1. The molecule has 3 heterocycles. The van der Waals surface area contributed by atoms with E-state index in [1.54, 1.807) is 0 Å². The fraction of sp³-hybridized carbons (Fsp3) is 0.692. The van der Waals surface area contributed by atoms with Gasteiger partial charge in [-0.15, -0.1) is 0 Å². The maximum Gasteiger partial charge on any atom is 0.320 e. The Kier molecular flexibility index (Phi) is 3.68. The summed E-state index contributed by atoms with van der Waals surface area (Å²) in [5.74, 6) is 0. The van der Waals surface area contributed by atoms with E-state index in [2.05, 4.69) is 5.10 Å². The Hall–Kier alpha value is -1.56. The van der Waals surface area contributed by atoms with Crippen LogP contribution in [0.4, 0.5) is 4.79 Å². The van der Waals surface area contributed by atoms with E-state index in [1.165, 1.54) is 0 Å². The number of hydrogen-bond donors (Lipinski definition) is 0. The molecule has 0 aliphatic carbocycles. The van der Waals surface area contributed by atoms with Gasteiger partial charge in [-0.2, -0.15) is 5.10 Å². The molecule has 0 unspecified atom stereocenters. The van der Waals surface area contributed by atoms with Crippen LogP contribution in [-0.4, -0.2) is 65.0 Å². The highest BCUT2D eigenvalue weighted by Crippen LogP contribution is 2.22. The number of hydrogen-bond acceptors (Lipinski definition) is 3. The van der Waals surface area contributed by atoms with E-state index in [-0.39, 0.29) is 6.03 Å². The fourth-order valence-electron chi connectivity index (χ4n) is 2.77. The van der Waals surface area contributed by atoms with Crippen molar-refractivity contribution in [2.75, 3.05) is 39.4 Å². The van der Waals surface area contributed by atoms with Crippen LogP contribution in [-0.2, 0) is 4.74 Å². The normalized spacial score (nSPS) is 21.7. The van der Waals surface area contributed by atoms with Gasteiger partial charge in [0.1, 0.15) is 0 Å². The first-order valence-electron chi connectivity index (χ1n) is 6.95. The lowest BCUT2D eigenvalue weighted by Crippen LogP contribution is -2.50. The standard InChI is InChI=1S/C13H20N4O2/c18-13(16-8-10-19-11-9-16)15-6-2-12(3-7-15)17-5-1-4-14-17/h1,4-5,12H,2-3,6-11H2. The first-order chi connectivity index (χ1) is 9.34. The Balaban J connectivity index is 1.53. The van der Waals surface area contributed by atoms with Crippen molar-refractivity contribution in [2.24, 2.45) is 0 Å². The molecule has 2 aliphatic heterocycles. The number of morpholine rings is 1. The van der Waals surface area contributed by atoms with Gasteiger partial charge in [-0.25, -0.2) is 4.79 Å². The van der Waals surface area contributed by atoms with E-state index in [0.717, 1.165) is 39.0 Å². The summed E-state index contributed by atoms with van der Waals surface area (Å²) in [5, 5.41) is 4.29. The molecule has 2 fully saturated rings. The zero-order chi connectivity index (χ0) is 13.1. The number of ether oxygens (including phenoxy) is 1. The van der Waals surface area contributed by atoms with Crippen molar-refractivity contribution in [3.63, 3.8) is 0 Å². The SMILES string of the molecule is O=C(N1CCOCC1)N1CCC(n2cccn2)CC1. The summed E-state index contributed by atoms with van der Waals surface area (Å²) < 4.78 is 7.29. The molecule has 104 valence electrons. The van der Waals surface area contributed by atoms with Gasteiger partial charge in [0.15, 0.2) is 0 Å². The van der Waals surface area contributed by atoms with Gasteiger partial charge in [0.25, 0.3) is 0 Å². The third-order valence-corrected chi connectivity index (χ3v) is 3.92. The molecule has 0 aromatic carbocycles. The molecule has 0 radical (unpaired) electrons. The number of amides is 2. The summed E-state index contributed by atoms with van der Waals surface area (Å²) in [6.07, 6.45) is 5.78. The van der Waals surface area contributed by atoms with Crippen LogP contribution >= 0.6 is 0 Å². The maximum atomic E-state index is 12.3. The van der Waals surface area contributed by atoms with Gasteiger partial charge in [-0.3, -0.25) is 4.68 Å². The second kappa shape index (κ2) is 5.61. The van der Waals surface area contributed by atoms with Gasteiger partial charge >= 0.3 is 6.03 Å². The fourth-order valence-corrected chi connectivity index (χ4v) is 2.77. The van der Waals surface area contributed by atoms with E-state index in [9.17, 15) is 4.79 Å². The Morgan fingerprint density at radius 3 is 2.42 bits per heavy atom. The molecule has 0 bridgehead atoms. The van der Waals surface area contributed by atoms with Crippen LogP contribution in [0.15, 0.2) is 18.5 Å². The lowest BCUT2D eigenvalue weighted by atomic mass is 10.1. The molecule has 2 saturated heterocycles. The number of likely N-dealkylation sites (tertiary alicyclic amines) is 1. The summed E-state index contributed by atoms with van der Waals surface area (Å²) in [6.45, 7) is 4.41. The quantitative estimate of drug-likeness (QED) is 0.759. The van der Waals surface area contributed by atoms with Gasteiger partial charge in [-0.1, -0.05) is 0 Å². The molecule has 2 aliphatic rings. The predicted octanol–water partition coefficient (Wildman–Crippen LogP) is 0.972. The van der Waals surface area contributed by atoms with E-state index in [4.69, 9.17) is 4.74 Å². The number of rotatable bonds is 1. The molecule has 1 aromatic heterocycles. The van der Waals surface area contributed by atoms with Crippen molar-refractivity contribution in [2.45, 2.75) is 18.9 Å². The van der Waals surface area contributed by atoms with Crippen LogP contribution in [0.5, 0.6) is 0 Å². The van der Waals surface area contributed by atoms with Crippen LogP contribution < -0.4 is 0 Å². The predicted molar refractivity (Wildman–Crippen MR) is 69.9 cm³/mol. The average molecular weight is 264 g/mol. The number of piperidine rings is 1. The topological polar surface area (TPSA) is 50.6 Å². The molecule has 19 heavy (non-hydrogen) atoms. The number of aromatic nitrogens is 2. The Morgan fingerprint density at radius 1 is 1.11 bits per heavy atom. The van der Waals surface area contributed by atoms with Crippen molar-refractivity contribution in [1.29, 1.82) is 0 Å². The second-order valence-corrected chi connectivity index (χ2v) is 5.09. The van der Waals surface area contributed by atoms with E-state index < -0.39 is 0 Å². The molecule has 1 aromatic rings. The molecule has 0 atom stereocenters. The minimum atomic E-state index is 0.169. The van der Waals surface area contributed by atoms with Crippen LogP contribution in [0.3, 0.4) is 0 Å². The van der Waals surface area contributed by atoms with Crippen LogP contribution in [0, 0.1) is 0 Å². The summed E-state index contributed by atoms with van der Waals surface area (Å²) in [7, 11) is 0. The van der Waals surface area contributed by atoms with Crippen molar-refractivity contribution in [1.82, 2.24) is 19.6 Å². The van der Waals surface area contributed by atoms with E-state index in [1.807, 2.05) is 32.9 Å². The molecular weight excluding hydrogens is 244 g/mol. The van der Waals surface area contributed by atoms with Gasteiger partial charge in [0, 0.05) is 38.6 Å². The van der Waals surface area contributed by atoms with Crippen LogP contribution in [0.1, 0.15) is 18.9 Å². The highest BCUT2D eigenvalue weighted by molar-refractivity contribution is 5.74. The van der Waals surface area contributed by atoms with Crippen LogP contribution in [0.25, 0.3) is 0 Å². The maximum absolute atomic E-state index is 12.3. The third kappa shape index (κ3) is 2.73. The summed E-state index contributed by atoms with van der Waals surface area (Å²) in [4.78, 5) is 16.2.